The van der Waals surface area contributed by atoms with Gasteiger partial charge in [-0.2, -0.15) is 0 Å². The fourth-order valence-corrected chi connectivity index (χ4v) is 2.24. The standard InChI is InChI=1S/C12H20/c1-3-5-8-12-10-7-6-9-11(12)4-2/h2,11-12H,3,5-10H2,1H3. The van der Waals surface area contributed by atoms with Gasteiger partial charge < -0.3 is 0 Å². The van der Waals surface area contributed by atoms with Crippen molar-refractivity contribution in [2.75, 3.05) is 0 Å². The molecule has 0 aromatic rings. The van der Waals surface area contributed by atoms with Crippen molar-refractivity contribution in [3.8, 4) is 12.3 Å². The molecule has 0 aromatic heterocycles. The molecular formula is C12H20. The van der Waals surface area contributed by atoms with E-state index in [1.165, 1.54) is 44.9 Å². The van der Waals surface area contributed by atoms with Gasteiger partial charge in [0.25, 0.3) is 0 Å². The monoisotopic (exact) mass is 164 g/mol. The molecule has 0 heterocycles. The Morgan fingerprint density at radius 3 is 2.75 bits per heavy atom. The Morgan fingerprint density at radius 2 is 2.08 bits per heavy atom. The summed E-state index contributed by atoms with van der Waals surface area (Å²) >= 11 is 0. The molecule has 0 nitrogen and oxygen atoms in total. The van der Waals surface area contributed by atoms with Crippen LogP contribution in [0.2, 0.25) is 0 Å². The van der Waals surface area contributed by atoms with Crippen molar-refractivity contribution in [3.05, 3.63) is 0 Å². The maximum Gasteiger partial charge on any atom is 0.0228 e. The van der Waals surface area contributed by atoms with Crippen LogP contribution in [0.15, 0.2) is 0 Å². The van der Waals surface area contributed by atoms with Gasteiger partial charge in [-0.25, -0.2) is 0 Å². The van der Waals surface area contributed by atoms with Gasteiger partial charge in [-0.1, -0.05) is 32.6 Å². The number of rotatable bonds is 3. The van der Waals surface area contributed by atoms with Gasteiger partial charge in [-0.3, -0.25) is 0 Å². The Morgan fingerprint density at radius 1 is 1.33 bits per heavy atom. The third kappa shape index (κ3) is 2.55. The van der Waals surface area contributed by atoms with Gasteiger partial charge in [0.15, 0.2) is 0 Å². The molecule has 1 saturated carbocycles. The summed E-state index contributed by atoms with van der Waals surface area (Å²) in [6.45, 7) is 2.26. The highest BCUT2D eigenvalue weighted by molar-refractivity contribution is 4.97. The Hall–Kier alpha value is -0.440. The van der Waals surface area contributed by atoms with E-state index in [4.69, 9.17) is 6.42 Å². The molecule has 1 fully saturated rings. The lowest BCUT2D eigenvalue weighted by atomic mass is 9.77. The van der Waals surface area contributed by atoms with Crippen molar-refractivity contribution < 1.29 is 0 Å². The smallest absolute Gasteiger partial charge is 0.0228 e. The summed E-state index contributed by atoms with van der Waals surface area (Å²) in [7, 11) is 0. The topological polar surface area (TPSA) is 0 Å². The zero-order valence-corrected chi connectivity index (χ0v) is 8.18. The maximum atomic E-state index is 5.52. The molecule has 0 bridgehead atoms. The summed E-state index contributed by atoms with van der Waals surface area (Å²) in [4.78, 5) is 0. The van der Waals surface area contributed by atoms with Crippen LogP contribution in [0.1, 0.15) is 51.9 Å². The van der Waals surface area contributed by atoms with Crippen molar-refractivity contribution in [1.29, 1.82) is 0 Å². The molecule has 1 rings (SSSR count). The third-order valence-corrected chi connectivity index (χ3v) is 3.05. The van der Waals surface area contributed by atoms with Crippen LogP contribution < -0.4 is 0 Å². The molecule has 0 radical (unpaired) electrons. The largest absolute Gasteiger partial charge is 0.120 e. The zero-order chi connectivity index (χ0) is 8.81. The van der Waals surface area contributed by atoms with Crippen LogP contribution in [-0.2, 0) is 0 Å². The zero-order valence-electron chi connectivity index (χ0n) is 8.18. The van der Waals surface area contributed by atoms with Gasteiger partial charge in [0.05, 0.1) is 0 Å². The number of terminal acetylenes is 1. The molecule has 0 saturated heterocycles. The Bertz CT molecular complexity index is 152. The van der Waals surface area contributed by atoms with E-state index in [1.54, 1.807) is 0 Å². The van der Waals surface area contributed by atoms with Crippen molar-refractivity contribution in [2.45, 2.75) is 51.9 Å². The molecule has 2 atom stereocenters. The van der Waals surface area contributed by atoms with Gasteiger partial charge in [0.2, 0.25) is 0 Å². The summed E-state index contributed by atoms with van der Waals surface area (Å²) < 4.78 is 0. The van der Waals surface area contributed by atoms with Crippen LogP contribution in [-0.4, -0.2) is 0 Å². The van der Waals surface area contributed by atoms with Gasteiger partial charge in [0, 0.05) is 5.92 Å². The van der Waals surface area contributed by atoms with Crippen LogP contribution in [0.3, 0.4) is 0 Å². The molecule has 1 aliphatic carbocycles. The van der Waals surface area contributed by atoms with Crippen LogP contribution in [0.4, 0.5) is 0 Å². The predicted molar refractivity (Wildman–Crippen MR) is 53.8 cm³/mol. The Labute approximate surface area is 76.7 Å². The molecule has 0 heteroatoms. The lowest BCUT2D eigenvalue weighted by Crippen LogP contribution is -2.17. The SMILES string of the molecule is C#CC1CCCCC1CCCC. The molecule has 12 heavy (non-hydrogen) atoms. The second-order valence-corrected chi connectivity index (χ2v) is 3.96. The molecule has 0 N–H and O–H groups in total. The molecule has 0 spiro atoms. The minimum Gasteiger partial charge on any atom is -0.120 e. The average Bonchev–Trinajstić information content (AvgIpc) is 2.15. The van der Waals surface area contributed by atoms with Crippen LogP contribution in [0, 0.1) is 24.2 Å². The molecule has 0 aliphatic heterocycles. The van der Waals surface area contributed by atoms with E-state index >= 15 is 0 Å². The van der Waals surface area contributed by atoms with Crippen molar-refractivity contribution in [3.63, 3.8) is 0 Å². The molecule has 0 amide bonds. The highest BCUT2D eigenvalue weighted by Gasteiger charge is 2.22. The molecule has 1 aliphatic rings. The second-order valence-electron chi connectivity index (χ2n) is 3.96. The summed E-state index contributed by atoms with van der Waals surface area (Å²) in [5.41, 5.74) is 0. The fourth-order valence-electron chi connectivity index (χ4n) is 2.24. The fraction of sp³-hybridized carbons (Fsp3) is 0.833. The number of unbranched alkanes of at least 4 members (excludes halogenated alkanes) is 1. The molecule has 0 aromatic carbocycles. The van der Waals surface area contributed by atoms with Gasteiger partial charge in [-0.05, 0) is 25.2 Å². The first-order chi connectivity index (χ1) is 5.88. The lowest BCUT2D eigenvalue weighted by molar-refractivity contribution is 0.271. The van der Waals surface area contributed by atoms with Gasteiger partial charge in [0.1, 0.15) is 0 Å². The average molecular weight is 164 g/mol. The van der Waals surface area contributed by atoms with E-state index in [1.807, 2.05) is 0 Å². The normalized spacial score (nSPS) is 29.7. The highest BCUT2D eigenvalue weighted by atomic mass is 14.3. The first-order valence-electron chi connectivity index (χ1n) is 5.34. The van der Waals surface area contributed by atoms with Crippen molar-refractivity contribution in [1.82, 2.24) is 0 Å². The van der Waals surface area contributed by atoms with Crippen molar-refractivity contribution >= 4 is 0 Å². The first-order valence-corrected chi connectivity index (χ1v) is 5.34. The summed E-state index contributed by atoms with van der Waals surface area (Å²) in [5, 5.41) is 0. The molecule has 68 valence electrons. The highest BCUT2D eigenvalue weighted by Crippen LogP contribution is 2.32. The van der Waals surface area contributed by atoms with Crippen LogP contribution >= 0.6 is 0 Å². The Kier molecular flexibility index (Phi) is 4.22. The second kappa shape index (κ2) is 5.25. The van der Waals surface area contributed by atoms with Gasteiger partial charge >= 0.3 is 0 Å². The van der Waals surface area contributed by atoms with Crippen LogP contribution in [0.5, 0.6) is 0 Å². The van der Waals surface area contributed by atoms with E-state index < -0.39 is 0 Å². The summed E-state index contributed by atoms with van der Waals surface area (Å²) in [5.74, 6) is 4.42. The van der Waals surface area contributed by atoms with E-state index in [2.05, 4.69) is 12.8 Å². The van der Waals surface area contributed by atoms with Crippen molar-refractivity contribution in [2.24, 2.45) is 11.8 Å². The molecule has 2 unspecified atom stereocenters. The van der Waals surface area contributed by atoms with E-state index in [0.29, 0.717) is 5.92 Å². The van der Waals surface area contributed by atoms with Crippen LogP contribution in [0.25, 0.3) is 0 Å². The maximum absolute atomic E-state index is 5.52. The summed E-state index contributed by atoms with van der Waals surface area (Å²) in [6, 6.07) is 0. The Balaban J connectivity index is 2.32. The molecular weight excluding hydrogens is 144 g/mol. The number of hydrogen-bond donors (Lipinski definition) is 0. The minimum atomic E-state index is 0.602. The quantitative estimate of drug-likeness (QED) is 0.559. The number of hydrogen-bond acceptors (Lipinski definition) is 0. The predicted octanol–water partition coefficient (Wildman–Crippen LogP) is 3.62. The van der Waals surface area contributed by atoms with E-state index in [9.17, 15) is 0 Å². The van der Waals surface area contributed by atoms with E-state index in [-0.39, 0.29) is 0 Å². The lowest BCUT2D eigenvalue weighted by Gasteiger charge is -2.27. The van der Waals surface area contributed by atoms with Gasteiger partial charge in [-0.15, -0.1) is 12.3 Å². The minimum absolute atomic E-state index is 0.602. The van der Waals surface area contributed by atoms with E-state index in [0.717, 1.165) is 5.92 Å². The third-order valence-electron chi connectivity index (χ3n) is 3.05. The first kappa shape index (κ1) is 9.65. The summed E-state index contributed by atoms with van der Waals surface area (Å²) in [6.07, 6.45) is 15.0.